The lowest BCUT2D eigenvalue weighted by Crippen LogP contribution is -2.56. The number of amides is 1. The minimum atomic E-state index is -0.289. The van der Waals surface area contributed by atoms with E-state index in [0.717, 1.165) is 29.0 Å². The third kappa shape index (κ3) is 5.39. The number of hydrazine groups is 1. The molecule has 1 N–H and O–H groups in total. The largest absolute Gasteiger partial charge is 0.494 e. The van der Waals surface area contributed by atoms with Gasteiger partial charge in [-0.2, -0.15) is 0 Å². The fourth-order valence-corrected chi connectivity index (χ4v) is 3.98. The van der Waals surface area contributed by atoms with Crippen LogP contribution >= 0.6 is 0 Å². The van der Waals surface area contributed by atoms with Gasteiger partial charge in [-0.3, -0.25) is 0 Å². The quantitative estimate of drug-likeness (QED) is 0.577. The lowest BCUT2D eigenvalue weighted by atomic mass is 10.0. The van der Waals surface area contributed by atoms with Crippen molar-refractivity contribution in [3.05, 3.63) is 84.9 Å². The molecule has 0 aromatic heterocycles. The number of para-hydroxylation sites is 2. The summed E-state index contributed by atoms with van der Waals surface area (Å²) in [5, 5.41) is 2.22. The summed E-state index contributed by atoms with van der Waals surface area (Å²) in [6.45, 7) is 2.42. The molecule has 1 aliphatic rings. The van der Waals surface area contributed by atoms with Crippen LogP contribution in [-0.4, -0.2) is 55.4 Å². The summed E-state index contributed by atoms with van der Waals surface area (Å²) in [6, 6.07) is 28.5. The van der Waals surface area contributed by atoms with Gasteiger partial charge in [0.25, 0.3) is 0 Å². The summed E-state index contributed by atoms with van der Waals surface area (Å²) in [5.41, 5.74) is 6.97. The molecule has 32 heavy (non-hydrogen) atoms. The van der Waals surface area contributed by atoms with Gasteiger partial charge in [0.15, 0.2) is 0 Å². The van der Waals surface area contributed by atoms with Crippen molar-refractivity contribution < 1.29 is 14.3 Å². The monoisotopic (exact) mass is 431 g/mol. The Morgan fingerprint density at radius 2 is 1.62 bits per heavy atom. The van der Waals surface area contributed by atoms with E-state index >= 15 is 0 Å². The molecule has 1 heterocycles. The molecule has 1 atom stereocenters. The topological polar surface area (TPSA) is 54.0 Å². The molecule has 3 aromatic carbocycles. The van der Waals surface area contributed by atoms with Crippen LogP contribution in [0.4, 0.5) is 10.5 Å². The smallest absolute Gasteiger partial charge is 0.409 e. The highest BCUT2D eigenvalue weighted by Gasteiger charge is 2.30. The van der Waals surface area contributed by atoms with E-state index in [9.17, 15) is 4.79 Å². The zero-order valence-electron chi connectivity index (χ0n) is 18.3. The first-order chi connectivity index (χ1) is 15.7. The molecular formula is C26H29N3O3. The molecular weight excluding hydrogens is 402 g/mol. The van der Waals surface area contributed by atoms with E-state index in [1.54, 1.807) is 4.90 Å². The van der Waals surface area contributed by atoms with Crippen LogP contribution in [0.5, 0.6) is 5.75 Å². The average Bonchev–Trinajstić information content (AvgIpc) is 2.86. The minimum Gasteiger partial charge on any atom is -0.494 e. The van der Waals surface area contributed by atoms with Crippen LogP contribution in [0.3, 0.4) is 0 Å². The number of nitrogens with one attached hydrogen (secondary N) is 1. The van der Waals surface area contributed by atoms with Gasteiger partial charge >= 0.3 is 6.09 Å². The molecule has 6 nitrogen and oxygen atoms in total. The molecule has 1 aliphatic heterocycles. The lowest BCUT2D eigenvalue weighted by molar-refractivity contribution is 0.0637. The number of piperazine rings is 1. The van der Waals surface area contributed by atoms with Gasteiger partial charge in [-0.1, -0.05) is 66.7 Å². The van der Waals surface area contributed by atoms with E-state index in [-0.39, 0.29) is 12.1 Å². The molecule has 0 spiro atoms. The number of anilines is 1. The Morgan fingerprint density at radius 3 is 2.38 bits per heavy atom. The van der Waals surface area contributed by atoms with E-state index in [0.29, 0.717) is 26.2 Å². The summed E-state index contributed by atoms with van der Waals surface area (Å²) in [5.74, 6) is 0.849. The van der Waals surface area contributed by atoms with Crippen LogP contribution in [0.1, 0.15) is 6.42 Å². The van der Waals surface area contributed by atoms with E-state index in [2.05, 4.69) is 34.7 Å². The molecule has 0 radical (unpaired) electrons. The second kappa shape index (κ2) is 10.7. The van der Waals surface area contributed by atoms with Crippen LogP contribution < -0.4 is 10.2 Å². The summed E-state index contributed by atoms with van der Waals surface area (Å²) in [7, 11) is 1.43. The normalized spacial score (nSPS) is 16.4. The molecule has 6 heteroatoms. The van der Waals surface area contributed by atoms with Crippen molar-refractivity contribution in [3.8, 4) is 16.9 Å². The van der Waals surface area contributed by atoms with Crippen molar-refractivity contribution in [2.45, 2.75) is 12.5 Å². The number of hydrogen-bond acceptors (Lipinski definition) is 5. The lowest BCUT2D eigenvalue weighted by Gasteiger charge is -2.41. The highest BCUT2D eigenvalue weighted by Crippen LogP contribution is 2.29. The summed E-state index contributed by atoms with van der Waals surface area (Å²) >= 11 is 0. The fraction of sp³-hybridized carbons (Fsp3) is 0.269. The molecule has 1 unspecified atom stereocenters. The van der Waals surface area contributed by atoms with Crippen LogP contribution in [0.2, 0.25) is 0 Å². The number of carbonyl (C=O) groups excluding carboxylic acids is 1. The maximum Gasteiger partial charge on any atom is 0.409 e. The Morgan fingerprint density at radius 1 is 0.938 bits per heavy atom. The molecule has 0 bridgehead atoms. The zero-order chi connectivity index (χ0) is 22.2. The molecule has 1 amide bonds. The van der Waals surface area contributed by atoms with Gasteiger partial charge in [-0.15, -0.1) is 0 Å². The number of methoxy groups -OCH3 is 1. The Hall–Kier alpha value is -3.51. The fourth-order valence-electron chi connectivity index (χ4n) is 3.98. The van der Waals surface area contributed by atoms with Crippen molar-refractivity contribution in [1.82, 2.24) is 9.91 Å². The SMILES string of the molecule is COC(=O)N1CCN(Nc2ccccc2-c2ccccc2)C(CCOc2ccccc2)C1. The summed E-state index contributed by atoms with van der Waals surface area (Å²) in [4.78, 5) is 13.9. The van der Waals surface area contributed by atoms with Crippen molar-refractivity contribution in [3.63, 3.8) is 0 Å². The average molecular weight is 432 g/mol. The minimum absolute atomic E-state index is 0.0791. The first kappa shape index (κ1) is 21.7. The first-order valence-corrected chi connectivity index (χ1v) is 10.9. The maximum absolute atomic E-state index is 12.1. The zero-order valence-corrected chi connectivity index (χ0v) is 18.3. The van der Waals surface area contributed by atoms with Gasteiger partial charge in [-0.05, 0) is 23.8 Å². The number of hydrogen-bond donors (Lipinski definition) is 1. The Bertz CT molecular complexity index is 997. The van der Waals surface area contributed by atoms with Crippen LogP contribution in [0.15, 0.2) is 84.9 Å². The second-order valence-electron chi connectivity index (χ2n) is 7.74. The Labute approximate surface area is 189 Å². The van der Waals surface area contributed by atoms with Gasteiger partial charge in [0.1, 0.15) is 5.75 Å². The van der Waals surface area contributed by atoms with E-state index in [4.69, 9.17) is 9.47 Å². The number of rotatable bonds is 7. The predicted octanol–water partition coefficient (Wildman–Crippen LogP) is 4.90. The third-order valence-electron chi connectivity index (χ3n) is 5.65. The molecule has 0 aliphatic carbocycles. The van der Waals surface area contributed by atoms with Crippen molar-refractivity contribution in [2.75, 3.05) is 38.8 Å². The first-order valence-electron chi connectivity index (χ1n) is 10.9. The van der Waals surface area contributed by atoms with Crippen molar-refractivity contribution >= 4 is 11.8 Å². The highest BCUT2D eigenvalue weighted by molar-refractivity contribution is 5.77. The molecule has 0 saturated carbocycles. The summed E-state index contributed by atoms with van der Waals surface area (Å²) < 4.78 is 10.9. The Kier molecular flexibility index (Phi) is 7.25. The molecule has 4 rings (SSSR count). The Balaban J connectivity index is 1.49. The van der Waals surface area contributed by atoms with E-state index < -0.39 is 0 Å². The van der Waals surface area contributed by atoms with Crippen LogP contribution in [-0.2, 0) is 4.74 Å². The number of benzene rings is 3. The number of ether oxygens (including phenoxy) is 2. The number of carbonyl (C=O) groups is 1. The third-order valence-corrected chi connectivity index (χ3v) is 5.65. The van der Waals surface area contributed by atoms with Gasteiger partial charge in [0.2, 0.25) is 0 Å². The molecule has 3 aromatic rings. The van der Waals surface area contributed by atoms with Gasteiger partial charge in [0, 0.05) is 31.6 Å². The molecule has 1 saturated heterocycles. The van der Waals surface area contributed by atoms with Gasteiger partial charge < -0.3 is 19.8 Å². The predicted molar refractivity (Wildman–Crippen MR) is 127 cm³/mol. The van der Waals surface area contributed by atoms with Gasteiger partial charge in [0.05, 0.1) is 25.4 Å². The molecule has 166 valence electrons. The summed E-state index contributed by atoms with van der Waals surface area (Å²) in [6.07, 6.45) is 0.478. The maximum atomic E-state index is 12.1. The second-order valence-corrected chi connectivity index (χ2v) is 7.74. The van der Waals surface area contributed by atoms with Crippen LogP contribution in [0, 0.1) is 0 Å². The standard InChI is InChI=1S/C26H29N3O3/c1-31-26(30)28-17-18-29(22(20-28)16-19-32-23-12-6-3-7-13-23)27-25-15-9-8-14-24(25)21-10-4-2-5-11-21/h2-15,22,27H,16-20H2,1H3. The van der Waals surface area contributed by atoms with Crippen molar-refractivity contribution in [1.29, 1.82) is 0 Å². The number of nitrogens with zero attached hydrogens (tertiary/aromatic N) is 2. The van der Waals surface area contributed by atoms with E-state index in [1.165, 1.54) is 7.11 Å². The van der Waals surface area contributed by atoms with E-state index in [1.807, 2.05) is 60.7 Å². The van der Waals surface area contributed by atoms with Gasteiger partial charge in [-0.25, -0.2) is 9.80 Å². The van der Waals surface area contributed by atoms with Crippen LogP contribution in [0.25, 0.3) is 11.1 Å². The van der Waals surface area contributed by atoms with Crippen molar-refractivity contribution in [2.24, 2.45) is 0 Å². The highest BCUT2D eigenvalue weighted by atomic mass is 16.5. The molecule has 1 fully saturated rings.